The van der Waals surface area contributed by atoms with Gasteiger partial charge in [-0.1, -0.05) is 0 Å². The maximum Gasteiger partial charge on any atom is 0.244 e. The maximum absolute atomic E-state index is 12.3. The molecule has 1 aliphatic rings. The summed E-state index contributed by atoms with van der Waals surface area (Å²) in [6.07, 6.45) is 0. The van der Waals surface area contributed by atoms with E-state index in [2.05, 4.69) is 24.1 Å². The second-order valence-corrected chi connectivity index (χ2v) is 8.14. The lowest BCUT2D eigenvalue weighted by atomic mass is 10.2. The van der Waals surface area contributed by atoms with E-state index in [4.69, 9.17) is 14.7 Å². The average Bonchev–Trinajstić information content (AvgIpc) is 2.89. The fraction of sp³-hybridized carbons (Fsp3) is 0.611. The number of aryl methyl sites for hydroxylation is 2. The van der Waals surface area contributed by atoms with Crippen molar-refractivity contribution in [2.45, 2.75) is 33.4 Å². The van der Waals surface area contributed by atoms with Gasteiger partial charge in [-0.25, -0.2) is 9.97 Å². The maximum atomic E-state index is 12.3. The molecule has 142 valence electrons. The normalized spacial score (nSPS) is 16.7. The summed E-state index contributed by atoms with van der Waals surface area (Å²) < 4.78 is 5.42. The predicted molar refractivity (Wildman–Crippen MR) is 105 cm³/mol. The van der Waals surface area contributed by atoms with Crippen LogP contribution in [-0.2, 0) is 16.1 Å². The average molecular weight is 378 g/mol. The Kier molecular flexibility index (Phi) is 5.74. The van der Waals surface area contributed by atoms with Gasteiger partial charge < -0.3 is 15.0 Å². The molecule has 1 N–H and O–H groups in total. The smallest absolute Gasteiger partial charge is 0.244 e. The lowest BCUT2D eigenvalue weighted by molar-refractivity contribution is -0.129. The van der Waals surface area contributed by atoms with Crippen molar-refractivity contribution in [1.29, 1.82) is 0 Å². The zero-order valence-corrected chi connectivity index (χ0v) is 16.9. The third-order valence-electron chi connectivity index (χ3n) is 4.71. The first kappa shape index (κ1) is 19.0. The van der Waals surface area contributed by atoms with Crippen molar-refractivity contribution in [3.05, 3.63) is 16.3 Å². The zero-order valence-electron chi connectivity index (χ0n) is 16.1. The van der Waals surface area contributed by atoms with Crippen LogP contribution in [0.25, 0.3) is 10.2 Å². The van der Waals surface area contributed by atoms with Gasteiger partial charge in [0.2, 0.25) is 5.91 Å². The molecule has 1 atom stereocenters. The minimum atomic E-state index is -0.348. The van der Waals surface area contributed by atoms with Crippen LogP contribution in [-0.4, -0.2) is 72.1 Å². The monoisotopic (exact) mass is 377 g/mol. The molecule has 0 spiro atoms. The number of hydrogen-bond acceptors (Lipinski definition) is 7. The van der Waals surface area contributed by atoms with Crippen molar-refractivity contribution in [3.8, 4) is 0 Å². The number of ether oxygens (including phenoxy) is 1. The highest BCUT2D eigenvalue weighted by Crippen LogP contribution is 2.33. The molecule has 8 heteroatoms. The Bertz CT molecular complexity index is 798. The van der Waals surface area contributed by atoms with Crippen molar-refractivity contribution < 1.29 is 9.53 Å². The van der Waals surface area contributed by atoms with Gasteiger partial charge in [0.15, 0.2) is 0 Å². The van der Waals surface area contributed by atoms with Crippen LogP contribution in [0.1, 0.15) is 23.2 Å². The Morgan fingerprint density at radius 3 is 2.65 bits per heavy atom. The Morgan fingerprint density at radius 1 is 1.31 bits per heavy atom. The molecule has 0 unspecified atom stereocenters. The van der Waals surface area contributed by atoms with E-state index in [1.807, 2.05) is 6.92 Å². The van der Waals surface area contributed by atoms with E-state index in [1.54, 1.807) is 30.3 Å². The van der Waals surface area contributed by atoms with Gasteiger partial charge in [0, 0.05) is 32.1 Å². The molecule has 1 amide bonds. The lowest BCUT2D eigenvalue weighted by Crippen LogP contribution is -2.37. The Labute approximate surface area is 158 Å². The van der Waals surface area contributed by atoms with E-state index in [-0.39, 0.29) is 11.9 Å². The van der Waals surface area contributed by atoms with Gasteiger partial charge in [0.25, 0.3) is 0 Å². The van der Waals surface area contributed by atoms with Crippen LogP contribution in [0.5, 0.6) is 0 Å². The molecule has 0 aliphatic carbocycles. The fourth-order valence-electron chi connectivity index (χ4n) is 3.08. The number of likely N-dealkylation sites (N-methyl/N-ethyl adjacent to an activating group) is 1. The number of thiophene rings is 1. The standard InChI is InChI=1S/C18H27N5O2S/c1-11-13(3)26-17-15(11)16(19-12(2)18(24)22(4)5)20-14(21-17)10-23-6-8-25-9-7-23/h12H,6-10H2,1-5H3,(H,19,20,21)/t12-/m0/s1. The Balaban J connectivity index is 1.94. The van der Waals surface area contributed by atoms with E-state index >= 15 is 0 Å². The minimum absolute atomic E-state index is 0.0242. The molecule has 1 aliphatic heterocycles. The third kappa shape index (κ3) is 3.97. The lowest BCUT2D eigenvalue weighted by Gasteiger charge is -2.26. The van der Waals surface area contributed by atoms with Crippen molar-refractivity contribution in [3.63, 3.8) is 0 Å². The predicted octanol–water partition coefficient (Wildman–Crippen LogP) is 2.03. The van der Waals surface area contributed by atoms with Gasteiger partial charge in [0.1, 0.15) is 22.5 Å². The second kappa shape index (κ2) is 7.85. The van der Waals surface area contributed by atoms with E-state index in [1.165, 1.54) is 10.4 Å². The molecule has 1 fully saturated rings. The summed E-state index contributed by atoms with van der Waals surface area (Å²) in [4.78, 5) is 27.9. The SMILES string of the molecule is Cc1sc2nc(CN3CCOCC3)nc(N[C@@H](C)C(=O)N(C)C)c2c1C. The number of fused-ring (bicyclic) bond motifs is 1. The van der Waals surface area contributed by atoms with Crippen molar-refractivity contribution in [2.75, 3.05) is 45.7 Å². The van der Waals surface area contributed by atoms with Crippen LogP contribution in [0.15, 0.2) is 0 Å². The topological polar surface area (TPSA) is 70.6 Å². The number of carbonyl (C=O) groups is 1. The minimum Gasteiger partial charge on any atom is -0.379 e. The van der Waals surface area contributed by atoms with Gasteiger partial charge in [0.05, 0.1) is 25.1 Å². The molecular formula is C18H27N5O2S. The summed E-state index contributed by atoms with van der Waals surface area (Å²) >= 11 is 1.68. The first-order chi connectivity index (χ1) is 12.4. The van der Waals surface area contributed by atoms with Crippen LogP contribution in [0.2, 0.25) is 0 Å². The highest BCUT2D eigenvalue weighted by molar-refractivity contribution is 7.18. The summed E-state index contributed by atoms with van der Waals surface area (Å²) in [6.45, 7) is 10.0. The molecule has 0 bridgehead atoms. The van der Waals surface area contributed by atoms with Crippen LogP contribution in [0.3, 0.4) is 0 Å². The number of aromatic nitrogens is 2. The molecule has 1 saturated heterocycles. The Hall–Kier alpha value is -1.77. The molecule has 2 aromatic heterocycles. The summed E-state index contributed by atoms with van der Waals surface area (Å²) in [5.41, 5.74) is 1.18. The number of morpholine rings is 1. The van der Waals surface area contributed by atoms with E-state index < -0.39 is 0 Å². The molecule has 0 aromatic carbocycles. The quantitative estimate of drug-likeness (QED) is 0.860. The number of nitrogens with one attached hydrogen (secondary N) is 1. The molecule has 3 rings (SSSR count). The van der Waals surface area contributed by atoms with Crippen LogP contribution in [0.4, 0.5) is 5.82 Å². The van der Waals surface area contributed by atoms with Crippen molar-refractivity contribution in [2.24, 2.45) is 0 Å². The summed E-state index contributed by atoms with van der Waals surface area (Å²) in [5, 5.41) is 4.34. The number of rotatable bonds is 5. The highest BCUT2D eigenvalue weighted by atomic mass is 32.1. The molecule has 7 nitrogen and oxygen atoms in total. The van der Waals surface area contributed by atoms with Gasteiger partial charge in [-0.3, -0.25) is 9.69 Å². The summed E-state index contributed by atoms with van der Waals surface area (Å²) in [5.74, 6) is 1.56. The number of anilines is 1. The van der Waals surface area contributed by atoms with Crippen molar-refractivity contribution in [1.82, 2.24) is 19.8 Å². The molecular weight excluding hydrogens is 350 g/mol. The van der Waals surface area contributed by atoms with Crippen molar-refractivity contribution >= 4 is 33.3 Å². The van der Waals surface area contributed by atoms with Gasteiger partial charge in [-0.05, 0) is 26.3 Å². The first-order valence-corrected chi connectivity index (χ1v) is 9.73. The van der Waals surface area contributed by atoms with E-state index in [0.29, 0.717) is 6.54 Å². The molecule has 26 heavy (non-hydrogen) atoms. The zero-order chi connectivity index (χ0) is 18.8. The number of amides is 1. The number of hydrogen-bond donors (Lipinski definition) is 1. The largest absolute Gasteiger partial charge is 0.379 e. The number of carbonyl (C=O) groups excluding carboxylic acids is 1. The van der Waals surface area contributed by atoms with Gasteiger partial charge >= 0.3 is 0 Å². The van der Waals surface area contributed by atoms with Crippen LogP contribution < -0.4 is 5.32 Å². The van der Waals surface area contributed by atoms with Gasteiger partial charge in [-0.15, -0.1) is 11.3 Å². The van der Waals surface area contributed by atoms with Crippen LogP contribution >= 0.6 is 11.3 Å². The second-order valence-electron chi connectivity index (χ2n) is 6.94. The van der Waals surface area contributed by atoms with E-state index in [0.717, 1.165) is 48.2 Å². The van der Waals surface area contributed by atoms with Gasteiger partial charge in [-0.2, -0.15) is 0 Å². The van der Waals surface area contributed by atoms with Crippen LogP contribution in [0, 0.1) is 13.8 Å². The summed E-state index contributed by atoms with van der Waals surface area (Å²) in [6, 6.07) is -0.348. The molecule has 0 radical (unpaired) electrons. The molecule has 0 saturated carbocycles. The van der Waals surface area contributed by atoms with E-state index in [9.17, 15) is 4.79 Å². The molecule has 2 aromatic rings. The fourth-order valence-corrected chi connectivity index (χ4v) is 4.13. The summed E-state index contributed by atoms with van der Waals surface area (Å²) in [7, 11) is 3.53. The highest BCUT2D eigenvalue weighted by Gasteiger charge is 2.21. The third-order valence-corrected chi connectivity index (χ3v) is 5.81. The first-order valence-electron chi connectivity index (χ1n) is 8.91. The number of nitrogens with zero attached hydrogens (tertiary/aromatic N) is 4. The molecule has 3 heterocycles. The Morgan fingerprint density at radius 2 is 2.00 bits per heavy atom.